The van der Waals surface area contributed by atoms with Crippen LogP contribution in [-0.4, -0.2) is 37.6 Å². The molecule has 0 bridgehead atoms. The Morgan fingerprint density at radius 3 is 2.23 bits per heavy atom. The van der Waals surface area contributed by atoms with Crippen molar-refractivity contribution in [2.75, 3.05) is 32.9 Å². The first-order chi connectivity index (χ1) is 10.6. The fourth-order valence-electron chi connectivity index (χ4n) is 1.84. The first-order valence-corrected chi connectivity index (χ1v) is 7.49. The zero-order chi connectivity index (χ0) is 16.1. The Morgan fingerprint density at radius 1 is 1.09 bits per heavy atom. The highest BCUT2D eigenvalue weighted by molar-refractivity contribution is 7.98. The van der Waals surface area contributed by atoms with Gasteiger partial charge in [0, 0.05) is 17.8 Å². The number of benzene rings is 1. The number of nitrogens with zero attached hydrogens (tertiary/aromatic N) is 2. The standard InChI is InChI=1S/C14H16FN3O3S/c1-19-10-5-8(6-11(20-2)12(10)21-3)17-14-16-7-9(15)13(18-14)22-4/h5-7H,1-4H3,(H,16,17,18). The highest BCUT2D eigenvalue weighted by Crippen LogP contribution is 2.40. The normalized spacial score (nSPS) is 10.2. The summed E-state index contributed by atoms with van der Waals surface area (Å²) < 4.78 is 29.2. The van der Waals surface area contributed by atoms with Gasteiger partial charge in [0.1, 0.15) is 5.03 Å². The molecule has 0 aliphatic rings. The first-order valence-electron chi connectivity index (χ1n) is 6.26. The van der Waals surface area contributed by atoms with Crippen LogP contribution in [-0.2, 0) is 0 Å². The molecule has 1 aromatic carbocycles. The van der Waals surface area contributed by atoms with E-state index in [1.807, 2.05) is 0 Å². The summed E-state index contributed by atoms with van der Waals surface area (Å²) in [5.41, 5.74) is 0.633. The molecular formula is C14H16FN3O3S. The second-order valence-corrected chi connectivity index (χ2v) is 4.88. The summed E-state index contributed by atoms with van der Waals surface area (Å²) in [6.45, 7) is 0. The van der Waals surface area contributed by atoms with Gasteiger partial charge in [-0.25, -0.2) is 14.4 Å². The van der Waals surface area contributed by atoms with E-state index in [0.29, 0.717) is 22.9 Å². The van der Waals surface area contributed by atoms with E-state index in [-0.39, 0.29) is 11.0 Å². The monoisotopic (exact) mass is 325 g/mol. The number of methoxy groups -OCH3 is 3. The fourth-order valence-corrected chi connectivity index (χ4v) is 2.26. The first kappa shape index (κ1) is 16.2. The largest absolute Gasteiger partial charge is 0.493 e. The fraction of sp³-hybridized carbons (Fsp3) is 0.286. The molecule has 1 N–H and O–H groups in total. The number of hydrogen-bond acceptors (Lipinski definition) is 7. The molecule has 0 saturated carbocycles. The maximum atomic E-state index is 13.4. The number of anilines is 2. The minimum absolute atomic E-state index is 0.268. The van der Waals surface area contributed by atoms with Crippen LogP contribution in [0.3, 0.4) is 0 Å². The summed E-state index contributed by atoms with van der Waals surface area (Å²) in [5, 5.41) is 3.26. The summed E-state index contributed by atoms with van der Waals surface area (Å²) in [6.07, 6.45) is 2.87. The number of ether oxygens (including phenoxy) is 3. The van der Waals surface area contributed by atoms with Crippen molar-refractivity contribution < 1.29 is 18.6 Å². The van der Waals surface area contributed by atoms with Crippen LogP contribution in [0.5, 0.6) is 17.2 Å². The quantitative estimate of drug-likeness (QED) is 0.646. The van der Waals surface area contributed by atoms with Gasteiger partial charge in [-0.3, -0.25) is 0 Å². The average Bonchev–Trinajstić information content (AvgIpc) is 2.55. The molecule has 2 aromatic rings. The third-order valence-corrected chi connectivity index (χ3v) is 3.50. The van der Waals surface area contributed by atoms with Crippen molar-refractivity contribution in [2.24, 2.45) is 0 Å². The second kappa shape index (κ2) is 7.17. The topological polar surface area (TPSA) is 65.5 Å². The lowest BCUT2D eigenvalue weighted by Crippen LogP contribution is -2.01. The lowest BCUT2D eigenvalue weighted by atomic mass is 10.2. The highest BCUT2D eigenvalue weighted by Gasteiger charge is 2.14. The number of hydrogen-bond donors (Lipinski definition) is 1. The van der Waals surface area contributed by atoms with Gasteiger partial charge >= 0.3 is 0 Å². The van der Waals surface area contributed by atoms with E-state index in [9.17, 15) is 4.39 Å². The van der Waals surface area contributed by atoms with E-state index in [1.54, 1.807) is 18.4 Å². The summed E-state index contributed by atoms with van der Waals surface area (Å²) in [6, 6.07) is 3.43. The molecule has 0 amide bonds. The maximum Gasteiger partial charge on any atom is 0.228 e. The van der Waals surface area contributed by atoms with Crippen LogP contribution >= 0.6 is 11.8 Å². The van der Waals surface area contributed by atoms with E-state index >= 15 is 0 Å². The van der Waals surface area contributed by atoms with Crippen molar-refractivity contribution in [3.05, 3.63) is 24.1 Å². The predicted molar refractivity (Wildman–Crippen MR) is 83.2 cm³/mol. The van der Waals surface area contributed by atoms with Gasteiger partial charge in [-0.15, -0.1) is 11.8 Å². The molecular weight excluding hydrogens is 309 g/mol. The van der Waals surface area contributed by atoms with Crippen LogP contribution in [0.1, 0.15) is 0 Å². The molecule has 0 saturated heterocycles. The number of thioether (sulfide) groups is 1. The van der Waals surface area contributed by atoms with Gasteiger partial charge in [0.05, 0.1) is 27.5 Å². The Balaban J connectivity index is 2.37. The number of rotatable bonds is 6. The zero-order valence-electron chi connectivity index (χ0n) is 12.6. The molecule has 0 fully saturated rings. The molecule has 22 heavy (non-hydrogen) atoms. The van der Waals surface area contributed by atoms with Crippen LogP contribution in [0.2, 0.25) is 0 Å². The average molecular weight is 325 g/mol. The number of halogens is 1. The Bertz CT molecular complexity index is 645. The van der Waals surface area contributed by atoms with Gasteiger partial charge < -0.3 is 19.5 Å². The third-order valence-electron chi connectivity index (χ3n) is 2.83. The Labute approximate surface area is 132 Å². The van der Waals surface area contributed by atoms with Gasteiger partial charge in [0.2, 0.25) is 11.7 Å². The summed E-state index contributed by atoms with van der Waals surface area (Å²) in [5.74, 6) is 1.30. The highest BCUT2D eigenvalue weighted by atomic mass is 32.2. The summed E-state index contributed by atoms with van der Waals surface area (Å²) in [4.78, 5) is 8.00. The molecule has 0 spiro atoms. The Morgan fingerprint density at radius 2 is 1.73 bits per heavy atom. The molecule has 0 aliphatic carbocycles. The number of nitrogens with one attached hydrogen (secondary N) is 1. The van der Waals surface area contributed by atoms with Crippen LogP contribution in [0.25, 0.3) is 0 Å². The molecule has 1 heterocycles. The van der Waals surface area contributed by atoms with E-state index in [0.717, 1.165) is 6.20 Å². The van der Waals surface area contributed by atoms with E-state index in [4.69, 9.17) is 14.2 Å². The molecule has 0 atom stereocenters. The summed E-state index contributed by atoms with van der Waals surface area (Å²) in [7, 11) is 4.59. The van der Waals surface area contributed by atoms with Crippen molar-refractivity contribution in [3.8, 4) is 17.2 Å². The number of aromatic nitrogens is 2. The van der Waals surface area contributed by atoms with Gasteiger partial charge in [-0.2, -0.15) is 0 Å². The molecule has 0 unspecified atom stereocenters. The van der Waals surface area contributed by atoms with Gasteiger partial charge in [0.25, 0.3) is 0 Å². The molecule has 1 aromatic heterocycles. The second-order valence-electron chi connectivity index (χ2n) is 4.09. The van der Waals surface area contributed by atoms with E-state index < -0.39 is 5.82 Å². The third kappa shape index (κ3) is 3.33. The molecule has 2 rings (SSSR count). The van der Waals surface area contributed by atoms with Crippen LogP contribution < -0.4 is 19.5 Å². The Hall–Kier alpha value is -2.22. The zero-order valence-corrected chi connectivity index (χ0v) is 13.5. The van der Waals surface area contributed by atoms with Crippen molar-refractivity contribution in [1.29, 1.82) is 0 Å². The van der Waals surface area contributed by atoms with Crippen molar-refractivity contribution in [2.45, 2.75) is 5.03 Å². The molecule has 8 heteroatoms. The van der Waals surface area contributed by atoms with Crippen molar-refractivity contribution in [1.82, 2.24) is 9.97 Å². The van der Waals surface area contributed by atoms with Gasteiger partial charge in [-0.05, 0) is 6.26 Å². The molecule has 0 aliphatic heterocycles. The van der Waals surface area contributed by atoms with Crippen LogP contribution in [0.4, 0.5) is 16.0 Å². The van der Waals surface area contributed by atoms with E-state index in [2.05, 4.69) is 15.3 Å². The van der Waals surface area contributed by atoms with Crippen molar-refractivity contribution >= 4 is 23.4 Å². The Kier molecular flexibility index (Phi) is 5.26. The maximum absolute atomic E-state index is 13.4. The van der Waals surface area contributed by atoms with E-state index in [1.165, 1.54) is 33.1 Å². The van der Waals surface area contributed by atoms with Gasteiger partial charge in [-0.1, -0.05) is 0 Å². The minimum Gasteiger partial charge on any atom is -0.493 e. The summed E-state index contributed by atoms with van der Waals surface area (Å²) >= 11 is 1.21. The lowest BCUT2D eigenvalue weighted by molar-refractivity contribution is 0.324. The molecule has 0 radical (unpaired) electrons. The van der Waals surface area contributed by atoms with Gasteiger partial charge in [0.15, 0.2) is 17.3 Å². The smallest absolute Gasteiger partial charge is 0.228 e. The molecule has 118 valence electrons. The SMILES string of the molecule is COc1cc(Nc2ncc(F)c(SC)n2)cc(OC)c1OC. The van der Waals surface area contributed by atoms with Crippen molar-refractivity contribution in [3.63, 3.8) is 0 Å². The van der Waals surface area contributed by atoms with Crippen LogP contribution in [0.15, 0.2) is 23.4 Å². The minimum atomic E-state index is -0.456. The lowest BCUT2D eigenvalue weighted by Gasteiger charge is -2.14. The van der Waals surface area contributed by atoms with Crippen LogP contribution in [0, 0.1) is 5.82 Å². The molecule has 6 nitrogen and oxygen atoms in total. The predicted octanol–water partition coefficient (Wildman–Crippen LogP) is 3.11.